The Morgan fingerprint density at radius 3 is 2.68 bits per heavy atom. The maximum atomic E-state index is 11.7. The highest BCUT2D eigenvalue weighted by Crippen LogP contribution is 2.22. The first-order valence-corrected chi connectivity index (χ1v) is 8.84. The Hall–Kier alpha value is -2.67. The van der Waals surface area contributed by atoms with E-state index in [0.717, 1.165) is 17.7 Å². The zero-order valence-electron chi connectivity index (χ0n) is 13.8. The van der Waals surface area contributed by atoms with Gasteiger partial charge in [0.1, 0.15) is 18.1 Å². The number of hydrogen-bond acceptors (Lipinski definition) is 6. The second-order valence-electron chi connectivity index (χ2n) is 5.29. The van der Waals surface area contributed by atoms with Gasteiger partial charge in [0, 0.05) is 18.0 Å². The molecule has 0 radical (unpaired) electrons. The lowest BCUT2D eigenvalue weighted by molar-refractivity contribution is -0.118. The summed E-state index contributed by atoms with van der Waals surface area (Å²) in [5, 5.41) is 11.7. The van der Waals surface area contributed by atoms with Crippen molar-refractivity contribution in [2.75, 3.05) is 6.61 Å². The van der Waals surface area contributed by atoms with Gasteiger partial charge in [-0.2, -0.15) is 0 Å². The predicted octanol–water partition coefficient (Wildman–Crippen LogP) is 2.86. The standard InChI is InChI=1S/C18H18N4O2S/c1-2-16-17(23)20-18(25-16)22-21-15(13-8-10-19-11-9-13)12-24-14-6-4-3-5-7-14/h3-11,16H,2,12H2,1H3,(H,20,22,23)/b21-15+. The summed E-state index contributed by atoms with van der Waals surface area (Å²) in [6.45, 7) is 2.24. The zero-order valence-corrected chi connectivity index (χ0v) is 14.6. The molecular formula is C18H18N4O2S. The van der Waals surface area contributed by atoms with Crippen LogP contribution in [0.1, 0.15) is 18.9 Å². The minimum atomic E-state index is -0.0982. The Balaban J connectivity index is 1.78. The molecule has 0 saturated carbocycles. The zero-order chi connectivity index (χ0) is 17.5. The number of amides is 1. The molecule has 1 amide bonds. The molecule has 1 aliphatic rings. The topological polar surface area (TPSA) is 75.9 Å². The molecule has 2 aromatic rings. The number of amidine groups is 1. The lowest BCUT2D eigenvalue weighted by Gasteiger charge is -2.08. The van der Waals surface area contributed by atoms with Crippen LogP contribution < -0.4 is 10.1 Å². The third-order valence-corrected chi connectivity index (χ3v) is 4.78. The van der Waals surface area contributed by atoms with Gasteiger partial charge in [-0.25, -0.2) is 0 Å². The molecule has 0 spiro atoms. The number of aromatic nitrogens is 1. The van der Waals surface area contributed by atoms with Gasteiger partial charge in [0.2, 0.25) is 5.91 Å². The van der Waals surface area contributed by atoms with Gasteiger partial charge in [-0.05, 0) is 30.7 Å². The fourth-order valence-electron chi connectivity index (χ4n) is 2.21. The van der Waals surface area contributed by atoms with Crippen LogP contribution in [0.4, 0.5) is 0 Å². The van der Waals surface area contributed by atoms with E-state index in [9.17, 15) is 4.79 Å². The maximum absolute atomic E-state index is 11.7. The van der Waals surface area contributed by atoms with Gasteiger partial charge in [0.05, 0.1) is 5.25 Å². The van der Waals surface area contributed by atoms with E-state index >= 15 is 0 Å². The van der Waals surface area contributed by atoms with Crippen LogP contribution in [-0.2, 0) is 4.79 Å². The minimum Gasteiger partial charge on any atom is -0.487 e. The third kappa shape index (κ3) is 4.67. The van der Waals surface area contributed by atoms with E-state index in [4.69, 9.17) is 4.74 Å². The summed E-state index contributed by atoms with van der Waals surface area (Å²) in [5.74, 6) is 0.735. The molecular weight excluding hydrogens is 336 g/mol. The van der Waals surface area contributed by atoms with Crippen LogP contribution in [0.2, 0.25) is 0 Å². The normalized spacial score (nSPS) is 19.1. The van der Waals surface area contributed by atoms with Crippen molar-refractivity contribution < 1.29 is 9.53 Å². The highest BCUT2D eigenvalue weighted by molar-refractivity contribution is 8.15. The van der Waals surface area contributed by atoms with E-state index < -0.39 is 0 Å². The van der Waals surface area contributed by atoms with E-state index in [1.165, 1.54) is 11.8 Å². The summed E-state index contributed by atoms with van der Waals surface area (Å²) in [6.07, 6.45) is 4.15. The summed E-state index contributed by atoms with van der Waals surface area (Å²) < 4.78 is 5.79. The maximum Gasteiger partial charge on any atom is 0.239 e. The van der Waals surface area contributed by atoms with Crippen LogP contribution in [0.15, 0.2) is 65.1 Å². The fourth-order valence-corrected chi connectivity index (χ4v) is 3.06. The quantitative estimate of drug-likeness (QED) is 0.639. The van der Waals surface area contributed by atoms with Crippen molar-refractivity contribution >= 4 is 28.5 Å². The molecule has 7 heteroatoms. The second kappa shape index (κ2) is 8.43. The molecule has 128 valence electrons. The molecule has 1 saturated heterocycles. The van der Waals surface area contributed by atoms with Crippen molar-refractivity contribution in [3.8, 4) is 5.75 Å². The molecule has 0 bridgehead atoms. The van der Waals surface area contributed by atoms with Crippen molar-refractivity contribution in [2.24, 2.45) is 10.2 Å². The first-order valence-electron chi connectivity index (χ1n) is 7.96. The summed E-state index contributed by atoms with van der Waals surface area (Å²) in [6, 6.07) is 13.2. The molecule has 3 rings (SSSR count). The highest BCUT2D eigenvalue weighted by atomic mass is 32.2. The molecule has 25 heavy (non-hydrogen) atoms. The Morgan fingerprint density at radius 2 is 2.00 bits per heavy atom. The number of benzene rings is 1. The smallest absolute Gasteiger partial charge is 0.239 e. The van der Waals surface area contributed by atoms with Crippen LogP contribution in [0.5, 0.6) is 5.75 Å². The number of hydrogen-bond donors (Lipinski definition) is 1. The number of pyridine rings is 1. The number of para-hydroxylation sites is 1. The Morgan fingerprint density at radius 1 is 1.24 bits per heavy atom. The van der Waals surface area contributed by atoms with Gasteiger partial charge < -0.3 is 10.1 Å². The molecule has 6 nitrogen and oxygen atoms in total. The summed E-state index contributed by atoms with van der Waals surface area (Å²) in [7, 11) is 0. The van der Waals surface area contributed by atoms with Crippen LogP contribution >= 0.6 is 11.8 Å². The van der Waals surface area contributed by atoms with Crippen LogP contribution in [0.25, 0.3) is 0 Å². The van der Waals surface area contributed by atoms with Crippen molar-refractivity contribution in [3.63, 3.8) is 0 Å². The lowest BCUT2D eigenvalue weighted by Crippen LogP contribution is -2.24. The van der Waals surface area contributed by atoms with Gasteiger partial charge in [0.15, 0.2) is 5.17 Å². The van der Waals surface area contributed by atoms with E-state index in [-0.39, 0.29) is 17.8 Å². The van der Waals surface area contributed by atoms with Gasteiger partial charge in [-0.1, -0.05) is 36.9 Å². The molecule has 0 aliphatic carbocycles. The van der Waals surface area contributed by atoms with Gasteiger partial charge in [-0.15, -0.1) is 10.2 Å². The van der Waals surface area contributed by atoms with E-state index in [1.807, 2.05) is 49.4 Å². The SMILES string of the molecule is CCC1S/C(=N\N=C(/COc2ccccc2)c2ccncc2)NC1=O. The number of carbonyl (C=O) groups excluding carboxylic acids is 1. The number of thioether (sulfide) groups is 1. The fraction of sp³-hybridized carbons (Fsp3) is 0.222. The van der Waals surface area contributed by atoms with E-state index in [1.54, 1.807) is 12.4 Å². The van der Waals surface area contributed by atoms with Crippen molar-refractivity contribution in [1.29, 1.82) is 0 Å². The molecule has 1 atom stereocenters. The van der Waals surface area contributed by atoms with Gasteiger partial charge in [-0.3, -0.25) is 9.78 Å². The van der Waals surface area contributed by atoms with E-state index in [0.29, 0.717) is 10.9 Å². The Bertz CT molecular complexity index is 778. The molecule has 1 fully saturated rings. The van der Waals surface area contributed by atoms with Crippen molar-refractivity contribution in [3.05, 3.63) is 60.4 Å². The Labute approximate surface area is 150 Å². The molecule has 1 aromatic carbocycles. The summed E-state index contributed by atoms with van der Waals surface area (Å²) >= 11 is 1.40. The number of carbonyl (C=O) groups is 1. The predicted molar refractivity (Wildman–Crippen MR) is 100.0 cm³/mol. The third-order valence-electron chi connectivity index (χ3n) is 3.54. The molecule has 1 unspecified atom stereocenters. The van der Waals surface area contributed by atoms with Crippen molar-refractivity contribution in [2.45, 2.75) is 18.6 Å². The number of rotatable bonds is 6. The molecule has 2 heterocycles. The monoisotopic (exact) mass is 354 g/mol. The number of ether oxygens (including phenoxy) is 1. The molecule has 1 N–H and O–H groups in total. The van der Waals surface area contributed by atoms with Crippen molar-refractivity contribution in [1.82, 2.24) is 10.3 Å². The average Bonchev–Trinajstić information content (AvgIpc) is 3.03. The van der Waals surface area contributed by atoms with Crippen LogP contribution in [-0.4, -0.2) is 33.6 Å². The minimum absolute atomic E-state index is 0.0209. The van der Waals surface area contributed by atoms with Crippen LogP contribution in [0.3, 0.4) is 0 Å². The number of nitrogens with one attached hydrogen (secondary N) is 1. The largest absolute Gasteiger partial charge is 0.487 e. The van der Waals surface area contributed by atoms with Gasteiger partial charge >= 0.3 is 0 Å². The average molecular weight is 354 g/mol. The summed E-state index contributed by atoms with van der Waals surface area (Å²) in [5.41, 5.74) is 1.53. The molecule has 1 aliphatic heterocycles. The first-order chi connectivity index (χ1) is 12.3. The number of nitrogens with zero attached hydrogens (tertiary/aromatic N) is 3. The first kappa shape index (κ1) is 17.2. The van der Waals surface area contributed by atoms with Crippen LogP contribution in [0, 0.1) is 0 Å². The Kier molecular flexibility index (Phi) is 5.79. The summed E-state index contributed by atoms with van der Waals surface area (Å²) in [4.78, 5) is 15.8. The molecule has 1 aromatic heterocycles. The van der Waals surface area contributed by atoms with E-state index in [2.05, 4.69) is 20.5 Å². The lowest BCUT2D eigenvalue weighted by atomic mass is 10.2. The van der Waals surface area contributed by atoms with Gasteiger partial charge in [0.25, 0.3) is 0 Å². The second-order valence-corrected chi connectivity index (χ2v) is 6.48. The highest BCUT2D eigenvalue weighted by Gasteiger charge is 2.28.